The number of hydrogen-bond donors (Lipinski definition) is 2. The van der Waals surface area contributed by atoms with E-state index in [4.69, 9.17) is 17.0 Å². The molecule has 3 amide bonds. The summed E-state index contributed by atoms with van der Waals surface area (Å²) >= 11 is 5.16. The molecule has 8 nitrogen and oxygen atoms in total. The number of nitrogens with one attached hydrogen (secondary N) is 2. The van der Waals surface area contributed by atoms with E-state index >= 15 is 0 Å². The van der Waals surface area contributed by atoms with Gasteiger partial charge in [-0.2, -0.15) is 0 Å². The largest absolute Gasteiger partial charge is 0.449 e. The van der Waals surface area contributed by atoms with Crippen molar-refractivity contribution in [1.82, 2.24) is 20.7 Å². The van der Waals surface area contributed by atoms with Gasteiger partial charge in [-0.3, -0.25) is 14.5 Å². The second kappa shape index (κ2) is 7.77. The van der Waals surface area contributed by atoms with Crippen molar-refractivity contribution in [3.05, 3.63) is 0 Å². The molecule has 1 fully saturated rings. The van der Waals surface area contributed by atoms with Gasteiger partial charge in [0.15, 0.2) is 5.11 Å². The Kier molecular flexibility index (Phi) is 6.35. The van der Waals surface area contributed by atoms with Gasteiger partial charge in [-0.25, -0.2) is 15.2 Å². The fourth-order valence-electron chi connectivity index (χ4n) is 1.95. The van der Waals surface area contributed by atoms with E-state index in [1.165, 1.54) is 9.91 Å². The van der Waals surface area contributed by atoms with Gasteiger partial charge in [0.05, 0.1) is 13.0 Å². The van der Waals surface area contributed by atoms with E-state index in [9.17, 15) is 14.4 Å². The molecule has 1 heterocycles. The van der Waals surface area contributed by atoms with Crippen LogP contribution >= 0.6 is 12.2 Å². The number of hydrazine groups is 1. The molecule has 0 aromatic rings. The molecule has 1 atom stereocenters. The van der Waals surface area contributed by atoms with Crippen molar-refractivity contribution in [1.29, 1.82) is 0 Å². The lowest BCUT2D eigenvalue weighted by molar-refractivity contribution is -0.132. The molecule has 1 rings (SSSR count). The van der Waals surface area contributed by atoms with Crippen molar-refractivity contribution in [2.24, 2.45) is 0 Å². The zero-order valence-electron chi connectivity index (χ0n) is 12.3. The summed E-state index contributed by atoms with van der Waals surface area (Å²) < 4.78 is 4.78. The highest BCUT2D eigenvalue weighted by Gasteiger charge is 2.43. The molecule has 2 N–H and O–H groups in total. The van der Waals surface area contributed by atoms with Crippen LogP contribution in [0.15, 0.2) is 0 Å². The van der Waals surface area contributed by atoms with Gasteiger partial charge in [-0.05, 0) is 33.0 Å². The molecule has 9 heteroatoms. The lowest BCUT2D eigenvalue weighted by atomic mass is 10.2. The van der Waals surface area contributed by atoms with Crippen molar-refractivity contribution in [3.8, 4) is 0 Å². The van der Waals surface area contributed by atoms with Crippen LogP contribution < -0.4 is 10.7 Å². The first-order chi connectivity index (χ1) is 9.96. The van der Waals surface area contributed by atoms with Crippen molar-refractivity contribution < 1.29 is 19.1 Å². The number of nitrogens with zero attached hydrogens (tertiary/aromatic N) is 2. The quantitative estimate of drug-likeness (QED) is 0.670. The van der Waals surface area contributed by atoms with Crippen molar-refractivity contribution >= 4 is 35.2 Å². The zero-order chi connectivity index (χ0) is 16.0. The van der Waals surface area contributed by atoms with E-state index < -0.39 is 12.1 Å². The molecule has 21 heavy (non-hydrogen) atoms. The monoisotopic (exact) mass is 316 g/mol. The second-order valence-corrected chi connectivity index (χ2v) is 4.61. The SMILES string of the molecule is CCNC(=O)CC1C(=O)N(CC)C(=S)N1NC(=O)OCC. The predicted molar refractivity (Wildman–Crippen MR) is 79.1 cm³/mol. The molecule has 118 valence electrons. The molecule has 0 radical (unpaired) electrons. The van der Waals surface area contributed by atoms with Gasteiger partial charge < -0.3 is 10.1 Å². The summed E-state index contributed by atoms with van der Waals surface area (Å²) in [6, 6.07) is -0.853. The highest BCUT2D eigenvalue weighted by molar-refractivity contribution is 7.80. The topological polar surface area (TPSA) is 91.0 Å². The maximum Gasteiger partial charge on any atom is 0.426 e. The van der Waals surface area contributed by atoms with E-state index in [2.05, 4.69) is 10.7 Å². The number of thiocarbonyl (C=S) groups is 1. The van der Waals surface area contributed by atoms with Crippen LogP contribution in [0.2, 0.25) is 0 Å². The molecule has 0 spiro atoms. The minimum atomic E-state index is -0.853. The van der Waals surface area contributed by atoms with Crippen LogP contribution in [-0.2, 0) is 14.3 Å². The fraction of sp³-hybridized carbons (Fsp3) is 0.667. The van der Waals surface area contributed by atoms with E-state index in [1.807, 2.05) is 0 Å². The summed E-state index contributed by atoms with van der Waals surface area (Å²) in [5.41, 5.74) is 2.41. The Morgan fingerprint density at radius 3 is 2.52 bits per heavy atom. The van der Waals surface area contributed by atoms with Crippen molar-refractivity contribution in [2.45, 2.75) is 33.2 Å². The van der Waals surface area contributed by atoms with E-state index in [-0.39, 0.29) is 30.0 Å². The highest BCUT2D eigenvalue weighted by Crippen LogP contribution is 2.18. The third-order valence-corrected chi connectivity index (χ3v) is 3.27. The average Bonchev–Trinajstić information content (AvgIpc) is 2.63. The Hall–Kier alpha value is -1.90. The normalized spacial score (nSPS) is 18.0. The van der Waals surface area contributed by atoms with E-state index in [0.717, 1.165) is 0 Å². The number of ether oxygens (including phenoxy) is 1. The molecular weight excluding hydrogens is 296 g/mol. The van der Waals surface area contributed by atoms with Crippen LogP contribution in [0.5, 0.6) is 0 Å². The van der Waals surface area contributed by atoms with Crippen LogP contribution in [0.3, 0.4) is 0 Å². The number of carbonyl (C=O) groups excluding carboxylic acids is 3. The zero-order valence-corrected chi connectivity index (χ0v) is 13.2. The van der Waals surface area contributed by atoms with Gasteiger partial charge in [0.25, 0.3) is 5.91 Å². The van der Waals surface area contributed by atoms with Gasteiger partial charge in [-0.15, -0.1) is 0 Å². The summed E-state index contributed by atoms with van der Waals surface area (Å²) in [6.07, 6.45) is -0.804. The third-order valence-electron chi connectivity index (χ3n) is 2.86. The molecule has 1 aliphatic heterocycles. The molecule has 1 saturated heterocycles. The average molecular weight is 316 g/mol. The number of amides is 3. The summed E-state index contributed by atoms with van der Waals surface area (Å²) in [5, 5.41) is 3.99. The van der Waals surface area contributed by atoms with Gasteiger partial charge in [-0.1, -0.05) is 0 Å². The van der Waals surface area contributed by atoms with E-state index in [1.54, 1.807) is 20.8 Å². The Balaban J connectivity index is 2.87. The molecule has 0 bridgehead atoms. The van der Waals surface area contributed by atoms with Crippen LogP contribution in [0, 0.1) is 0 Å². The summed E-state index contributed by atoms with van der Waals surface area (Å²) in [6.45, 7) is 6.24. The fourth-order valence-corrected chi connectivity index (χ4v) is 2.34. The van der Waals surface area contributed by atoms with Crippen molar-refractivity contribution in [2.75, 3.05) is 19.7 Å². The van der Waals surface area contributed by atoms with Gasteiger partial charge in [0.2, 0.25) is 5.91 Å². The first-order valence-electron chi connectivity index (χ1n) is 6.80. The first-order valence-corrected chi connectivity index (χ1v) is 7.21. The maximum absolute atomic E-state index is 12.3. The maximum atomic E-state index is 12.3. The van der Waals surface area contributed by atoms with E-state index in [0.29, 0.717) is 13.1 Å². The summed E-state index contributed by atoms with van der Waals surface area (Å²) in [7, 11) is 0. The minimum Gasteiger partial charge on any atom is -0.449 e. The smallest absolute Gasteiger partial charge is 0.426 e. The molecule has 1 unspecified atom stereocenters. The van der Waals surface area contributed by atoms with Gasteiger partial charge >= 0.3 is 6.09 Å². The number of likely N-dealkylation sites (N-methyl/N-ethyl adjacent to an activating group) is 1. The molecular formula is C12H20N4O4S. The Labute approximate surface area is 128 Å². The Morgan fingerprint density at radius 2 is 2.00 bits per heavy atom. The van der Waals surface area contributed by atoms with Crippen LogP contribution in [0.4, 0.5) is 4.79 Å². The van der Waals surface area contributed by atoms with Crippen LogP contribution in [0.25, 0.3) is 0 Å². The molecule has 0 saturated carbocycles. The van der Waals surface area contributed by atoms with Gasteiger partial charge in [0.1, 0.15) is 6.04 Å². The lowest BCUT2D eigenvalue weighted by Gasteiger charge is -2.23. The lowest BCUT2D eigenvalue weighted by Crippen LogP contribution is -2.50. The summed E-state index contributed by atoms with van der Waals surface area (Å²) in [4.78, 5) is 36.8. The molecule has 0 aliphatic carbocycles. The predicted octanol–water partition coefficient (Wildman–Crippen LogP) is -0.00870. The van der Waals surface area contributed by atoms with Crippen molar-refractivity contribution in [3.63, 3.8) is 0 Å². The first kappa shape index (κ1) is 17.2. The third kappa shape index (κ3) is 4.03. The second-order valence-electron chi connectivity index (χ2n) is 4.24. The number of hydrogen-bond acceptors (Lipinski definition) is 5. The standard InChI is InChI=1S/C12H20N4O4S/c1-4-13-9(17)7-8-10(18)15(5-2)12(21)16(8)14-11(19)20-6-3/h8H,4-7H2,1-3H3,(H,13,17)(H,14,19). The van der Waals surface area contributed by atoms with Crippen LogP contribution in [-0.4, -0.2) is 58.7 Å². The minimum absolute atomic E-state index is 0.0876. The Bertz CT molecular complexity index is 405. The molecule has 1 aliphatic rings. The molecule has 0 aromatic heterocycles. The Morgan fingerprint density at radius 1 is 1.33 bits per heavy atom. The molecule has 0 aromatic carbocycles. The summed E-state index contributed by atoms with van der Waals surface area (Å²) in [5.74, 6) is -0.599. The van der Waals surface area contributed by atoms with Crippen LogP contribution in [0.1, 0.15) is 27.2 Å². The highest BCUT2D eigenvalue weighted by atomic mass is 32.1. The van der Waals surface area contributed by atoms with Gasteiger partial charge in [0, 0.05) is 13.1 Å². The number of carbonyl (C=O) groups is 3. The number of rotatable bonds is 6.